The van der Waals surface area contributed by atoms with Crippen LogP contribution in [0.1, 0.15) is 122 Å². The summed E-state index contributed by atoms with van der Waals surface area (Å²) < 4.78 is 9.61. The van der Waals surface area contributed by atoms with Gasteiger partial charge in [-0.3, -0.25) is 4.79 Å². The number of carbonyl (C=O) groups excluding carboxylic acids is 1. The Labute approximate surface area is 191 Å². The molecule has 0 heterocycles. The van der Waals surface area contributed by atoms with Gasteiger partial charge in [0.05, 0.1) is 6.61 Å². The Kier molecular flexibility index (Phi) is 22.2. The summed E-state index contributed by atoms with van der Waals surface area (Å²) in [6, 6.07) is 0. The second kappa shape index (κ2) is 22.2. The summed E-state index contributed by atoms with van der Waals surface area (Å²) in [6.45, 7) is 0.109. The van der Waals surface area contributed by atoms with Gasteiger partial charge in [-0.2, -0.15) is 0 Å². The van der Waals surface area contributed by atoms with Gasteiger partial charge in [0.1, 0.15) is 6.72 Å². The molecule has 1 unspecified atom stereocenters. The molecule has 0 bridgehead atoms. The van der Waals surface area contributed by atoms with E-state index < -0.39 is 6.72 Å². The molecule has 5 nitrogen and oxygen atoms in total. The van der Waals surface area contributed by atoms with Crippen molar-refractivity contribution in [1.82, 2.24) is 5.32 Å². The van der Waals surface area contributed by atoms with Gasteiger partial charge in [-0.25, -0.2) is 0 Å². The van der Waals surface area contributed by atoms with Gasteiger partial charge in [-0.1, -0.05) is 109 Å². The van der Waals surface area contributed by atoms with E-state index in [1.807, 2.05) is 0 Å². The molecule has 1 atom stereocenters. The van der Waals surface area contributed by atoms with Crippen LogP contribution in [-0.4, -0.2) is 26.2 Å². The summed E-state index contributed by atoms with van der Waals surface area (Å²) in [5.74, 6) is 0.175. The first kappa shape index (κ1) is 30.0. The van der Waals surface area contributed by atoms with Crippen LogP contribution in [0.5, 0.6) is 0 Å². The van der Waals surface area contributed by atoms with Crippen LogP contribution in [0.3, 0.4) is 0 Å². The van der Waals surface area contributed by atoms with E-state index in [0.717, 1.165) is 38.6 Å². The van der Waals surface area contributed by atoms with Crippen LogP contribution in [0.15, 0.2) is 0 Å². The third kappa shape index (κ3) is 22.7. The Hall–Kier alpha value is -0.0000000000000000763. The summed E-state index contributed by atoms with van der Waals surface area (Å²) in [4.78, 5) is 23.2. The van der Waals surface area contributed by atoms with E-state index in [9.17, 15) is 9.69 Å². The molecular weight excluding hydrogens is 417 g/mol. The lowest BCUT2D eigenvalue weighted by atomic mass is 10.0. The zero-order valence-corrected chi connectivity index (χ0v) is 21.3. The molecule has 0 fully saturated rings. The lowest BCUT2D eigenvalue weighted by Gasteiger charge is -2.24. The third-order valence-electron chi connectivity index (χ3n) is 5.37. The zero-order valence-electron chi connectivity index (χ0n) is 19.6. The average molecular weight is 465 g/mol. The van der Waals surface area contributed by atoms with Gasteiger partial charge in [-0.15, -0.1) is 0 Å². The highest BCUT2D eigenvalue weighted by Gasteiger charge is 2.02. The highest BCUT2D eigenvalue weighted by Crippen LogP contribution is 2.37. The maximum atomic E-state index is 11.8. The summed E-state index contributed by atoms with van der Waals surface area (Å²) in [5, 5.41) is 3.00. The van der Waals surface area contributed by atoms with Crippen LogP contribution in [-0.2, 0) is 25.6 Å². The first-order chi connectivity index (χ1) is 14.5. The molecule has 0 saturated heterocycles. The van der Waals surface area contributed by atoms with Gasteiger partial charge in [-0.05, 0) is 19.3 Å². The van der Waals surface area contributed by atoms with Gasteiger partial charge in [0, 0.05) is 20.1 Å². The summed E-state index contributed by atoms with van der Waals surface area (Å²) in [6.07, 6.45) is 21.6. The summed E-state index contributed by atoms with van der Waals surface area (Å²) >= 11 is 4.65. The standard InChI is InChI=1S/C23H48NO4PS/c1-3-4-5-6-7-8-9-10-11-12-13-14-17-20-23(25)24-21-18-15-16-19-22-28-29(26,30)27-2/h3-22H2,1-2H3,(H,24,25)(H,26,30)/p-1. The molecule has 0 aromatic heterocycles. The molecule has 0 aromatic carbocycles. The third-order valence-corrected chi connectivity index (χ3v) is 7.08. The molecule has 0 aromatic rings. The molecule has 1 amide bonds. The van der Waals surface area contributed by atoms with Gasteiger partial charge in [0.25, 0.3) is 0 Å². The van der Waals surface area contributed by atoms with Crippen molar-refractivity contribution in [2.75, 3.05) is 20.3 Å². The van der Waals surface area contributed by atoms with Crippen LogP contribution in [0.25, 0.3) is 0 Å². The number of hydrogen-bond donors (Lipinski definition) is 1. The van der Waals surface area contributed by atoms with E-state index >= 15 is 0 Å². The Morgan fingerprint density at radius 2 is 1.27 bits per heavy atom. The number of amides is 1. The van der Waals surface area contributed by atoms with Crippen LogP contribution in [0.4, 0.5) is 0 Å². The van der Waals surface area contributed by atoms with Crippen molar-refractivity contribution in [3.63, 3.8) is 0 Å². The van der Waals surface area contributed by atoms with Crippen molar-refractivity contribution in [1.29, 1.82) is 0 Å². The molecule has 7 heteroatoms. The second-order valence-electron chi connectivity index (χ2n) is 8.22. The minimum Gasteiger partial charge on any atom is -0.780 e. The fourth-order valence-electron chi connectivity index (χ4n) is 3.43. The highest BCUT2D eigenvalue weighted by molar-refractivity contribution is 8.06. The number of hydrogen-bond acceptors (Lipinski definition) is 5. The minimum atomic E-state index is -3.25. The Morgan fingerprint density at radius 3 is 1.80 bits per heavy atom. The van der Waals surface area contributed by atoms with Crippen LogP contribution in [0.2, 0.25) is 0 Å². The normalized spacial score (nSPS) is 13.3. The summed E-state index contributed by atoms with van der Waals surface area (Å²) in [7, 11) is 1.30. The second-order valence-corrected chi connectivity index (χ2v) is 11.1. The zero-order chi connectivity index (χ0) is 22.3. The van der Waals surface area contributed by atoms with Crippen LogP contribution >= 0.6 is 6.72 Å². The molecule has 0 rings (SSSR count). The molecule has 0 aliphatic rings. The van der Waals surface area contributed by atoms with Gasteiger partial charge >= 0.3 is 0 Å². The van der Waals surface area contributed by atoms with E-state index in [0.29, 0.717) is 13.0 Å². The maximum absolute atomic E-state index is 11.8. The van der Waals surface area contributed by atoms with Crippen LogP contribution < -0.4 is 10.2 Å². The van der Waals surface area contributed by atoms with Gasteiger partial charge in [0.15, 0.2) is 0 Å². The number of rotatable bonds is 23. The fraction of sp³-hybridized carbons (Fsp3) is 0.957. The van der Waals surface area contributed by atoms with Gasteiger partial charge < -0.3 is 19.3 Å². The smallest absolute Gasteiger partial charge is 0.219 e. The minimum absolute atomic E-state index is 0.175. The lowest BCUT2D eigenvalue weighted by Crippen LogP contribution is -2.23. The van der Waals surface area contributed by atoms with Crippen molar-refractivity contribution < 1.29 is 18.7 Å². The van der Waals surface area contributed by atoms with E-state index in [-0.39, 0.29) is 5.91 Å². The number of carbonyl (C=O) groups is 1. The molecule has 0 aliphatic heterocycles. The Bertz CT molecular complexity index is 437. The first-order valence-corrected chi connectivity index (χ1v) is 14.9. The fourth-order valence-corrected chi connectivity index (χ4v) is 4.11. The van der Waals surface area contributed by atoms with E-state index in [1.54, 1.807) is 0 Å². The molecular formula is C23H47NO4PS-. The highest BCUT2D eigenvalue weighted by atomic mass is 32.5. The monoisotopic (exact) mass is 464 g/mol. The van der Waals surface area contributed by atoms with Crippen molar-refractivity contribution >= 4 is 24.4 Å². The molecule has 30 heavy (non-hydrogen) atoms. The van der Waals surface area contributed by atoms with Crippen molar-refractivity contribution in [3.05, 3.63) is 0 Å². The molecule has 0 spiro atoms. The topological polar surface area (TPSA) is 70.6 Å². The molecule has 1 N–H and O–H groups in total. The number of nitrogens with one attached hydrogen (secondary N) is 1. The van der Waals surface area contributed by atoms with Crippen molar-refractivity contribution in [2.24, 2.45) is 0 Å². The summed E-state index contributed by atoms with van der Waals surface area (Å²) in [5.41, 5.74) is 0. The predicted molar refractivity (Wildman–Crippen MR) is 129 cm³/mol. The SMILES string of the molecule is CCCCCCCCCCCCCCCC(=O)NCCCCCCOP([O-])(=S)OC. The van der Waals surface area contributed by atoms with Crippen molar-refractivity contribution in [3.8, 4) is 0 Å². The first-order valence-electron chi connectivity index (χ1n) is 12.3. The van der Waals surface area contributed by atoms with Crippen molar-refractivity contribution in [2.45, 2.75) is 122 Å². The Morgan fingerprint density at radius 1 is 0.800 bits per heavy atom. The van der Waals surface area contributed by atoms with E-state index in [4.69, 9.17) is 4.52 Å². The molecule has 180 valence electrons. The molecule has 0 radical (unpaired) electrons. The maximum Gasteiger partial charge on any atom is 0.219 e. The van der Waals surface area contributed by atoms with Gasteiger partial charge in [0.2, 0.25) is 5.91 Å². The number of unbranched alkanes of at least 4 members (excludes halogenated alkanes) is 15. The molecule has 0 aliphatic carbocycles. The average Bonchev–Trinajstić information content (AvgIpc) is 2.73. The van der Waals surface area contributed by atoms with Crippen LogP contribution in [0, 0.1) is 0 Å². The quantitative estimate of drug-likeness (QED) is 0.140. The lowest BCUT2D eigenvalue weighted by molar-refractivity contribution is -0.204. The largest absolute Gasteiger partial charge is 0.780 e. The van der Waals surface area contributed by atoms with E-state index in [1.165, 1.54) is 84.2 Å². The Balaban J connectivity index is 3.23. The molecule has 0 saturated carbocycles. The van der Waals surface area contributed by atoms with E-state index in [2.05, 4.69) is 28.6 Å². The predicted octanol–water partition coefficient (Wildman–Crippen LogP) is 6.39.